The van der Waals surface area contributed by atoms with Crippen molar-refractivity contribution in [1.29, 1.82) is 0 Å². The molecule has 4 N–H and O–H groups in total. The molecular formula is C18H23N3O2. The maximum atomic E-state index is 10.2. The number of anilines is 1. The van der Waals surface area contributed by atoms with Gasteiger partial charge in [0.1, 0.15) is 5.75 Å². The third-order valence-corrected chi connectivity index (χ3v) is 3.55. The van der Waals surface area contributed by atoms with Gasteiger partial charge >= 0.3 is 0 Å². The number of nitrogens with one attached hydrogen (secondary N) is 1. The molecule has 0 bridgehead atoms. The van der Waals surface area contributed by atoms with Crippen LogP contribution in [0.25, 0.3) is 0 Å². The molecule has 2 aromatic rings. The summed E-state index contributed by atoms with van der Waals surface area (Å²) in [6.07, 6.45) is 0.268. The first-order chi connectivity index (χ1) is 11.1. The summed E-state index contributed by atoms with van der Waals surface area (Å²) in [6, 6.07) is 15.3. The van der Waals surface area contributed by atoms with Crippen molar-refractivity contribution < 1.29 is 9.84 Å². The number of aliphatic hydroxyl groups is 1. The van der Waals surface area contributed by atoms with Gasteiger partial charge in [0.05, 0.1) is 19.8 Å². The molecule has 0 saturated heterocycles. The fraction of sp³-hybridized carbons (Fsp3) is 0.278. The summed E-state index contributed by atoms with van der Waals surface area (Å²) in [7, 11) is 1.59. The highest BCUT2D eigenvalue weighted by atomic mass is 16.5. The quantitative estimate of drug-likeness (QED) is 0.566. The third-order valence-electron chi connectivity index (χ3n) is 3.55. The summed E-state index contributed by atoms with van der Waals surface area (Å²) >= 11 is 0. The summed E-state index contributed by atoms with van der Waals surface area (Å²) in [5, 5.41) is 13.2. The Morgan fingerprint density at radius 2 is 2.00 bits per heavy atom. The average molecular weight is 313 g/mol. The molecule has 23 heavy (non-hydrogen) atoms. The second-order valence-electron chi connectivity index (χ2n) is 5.19. The number of hydrogen-bond donors (Lipinski definition) is 3. The molecule has 2 aromatic carbocycles. The van der Waals surface area contributed by atoms with Gasteiger partial charge < -0.3 is 20.9 Å². The van der Waals surface area contributed by atoms with E-state index in [0.29, 0.717) is 5.75 Å². The number of nitrogens with zero attached hydrogens (tertiary/aromatic N) is 1. The lowest BCUT2D eigenvalue weighted by atomic mass is 10.1. The van der Waals surface area contributed by atoms with Gasteiger partial charge in [0.25, 0.3) is 0 Å². The van der Waals surface area contributed by atoms with Gasteiger partial charge in [-0.25, -0.2) is 0 Å². The molecule has 0 spiro atoms. The number of ether oxygens (including phenoxy) is 1. The molecule has 1 unspecified atom stereocenters. The zero-order valence-electron chi connectivity index (χ0n) is 13.5. The Bertz CT molecular complexity index is 654. The first-order valence-corrected chi connectivity index (χ1v) is 7.60. The number of guanidine groups is 1. The minimum absolute atomic E-state index is 0.180. The van der Waals surface area contributed by atoms with Crippen molar-refractivity contribution in [2.24, 2.45) is 10.7 Å². The molecule has 0 amide bonds. The molecule has 1 atom stereocenters. The molecule has 5 nitrogen and oxygen atoms in total. The van der Waals surface area contributed by atoms with E-state index in [4.69, 9.17) is 10.5 Å². The zero-order valence-corrected chi connectivity index (χ0v) is 13.5. The highest BCUT2D eigenvalue weighted by Gasteiger charge is 2.08. The maximum absolute atomic E-state index is 10.2. The standard InChI is InChI=1S/C18H23N3O2/c1-3-13-7-9-15(10-8-13)21-18(19)20-12-17(22)14-5-4-6-16(11-14)23-2/h4-11,17,22H,3,12H2,1-2H3,(H3,19,20,21). The number of benzene rings is 2. The summed E-state index contributed by atoms with van der Waals surface area (Å²) in [6.45, 7) is 2.29. The Kier molecular flexibility index (Phi) is 6.00. The number of rotatable bonds is 6. The molecule has 122 valence electrons. The molecule has 0 fully saturated rings. The molecular weight excluding hydrogens is 290 g/mol. The second kappa shape index (κ2) is 8.19. The van der Waals surface area contributed by atoms with Gasteiger partial charge in [0, 0.05) is 5.69 Å². The van der Waals surface area contributed by atoms with Gasteiger partial charge in [-0.15, -0.1) is 0 Å². The van der Waals surface area contributed by atoms with Crippen LogP contribution in [-0.2, 0) is 6.42 Å². The van der Waals surface area contributed by atoms with Crippen molar-refractivity contribution in [2.45, 2.75) is 19.4 Å². The third kappa shape index (κ3) is 5.00. The highest BCUT2D eigenvalue weighted by molar-refractivity contribution is 5.92. The minimum atomic E-state index is -0.729. The van der Waals surface area contributed by atoms with E-state index >= 15 is 0 Å². The summed E-state index contributed by atoms with van der Waals surface area (Å²) in [5.74, 6) is 0.976. The molecule has 2 rings (SSSR count). The van der Waals surface area contributed by atoms with Crippen LogP contribution in [0.15, 0.2) is 53.5 Å². The summed E-state index contributed by atoms with van der Waals surface area (Å²) in [4.78, 5) is 4.19. The average Bonchev–Trinajstić information content (AvgIpc) is 2.60. The van der Waals surface area contributed by atoms with Crippen LogP contribution in [0.1, 0.15) is 24.2 Å². The number of aliphatic hydroxyl groups excluding tert-OH is 1. The maximum Gasteiger partial charge on any atom is 0.193 e. The molecule has 0 radical (unpaired) electrons. The SMILES string of the molecule is CCc1ccc(NC(N)=NCC(O)c2cccc(OC)c2)cc1. The van der Waals surface area contributed by atoms with Gasteiger partial charge in [-0.05, 0) is 41.8 Å². The van der Waals surface area contributed by atoms with Crippen LogP contribution in [0.4, 0.5) is 5.69 Å². The van der Waals surface area contributed by atoms with Crippen molar-refractivity contribution >= 4 is 11.6 Å². The van der Waals surface area contributed by atoms with Crippen LogP contribution in [0.2, 0.25) is 0 Å². The van der Waals surface area contributed by atoms with Crippen molar-refractivity contribution in [3.05, 3.63) is 59.7 Å². The fourth-order valence-corrected chi connectivity index (χ4v) is 2.15. The summed E-state index contributed by atoms with van der Waals surface area (Å²) < 4.78 is 5.14. The number of hydrogen-bond acceptors (Lipinski definition) is 3. The fourth-order valence-electron chi connectivity index (χ4n) is 2.15. The Morgan fingerprint density at radius 3 is 2.65 bits per heavy atom. The molecule has 0 heterocycles. The van der Waals surface area contributed by atoms with E-state index < -0.39 is 6.10 Å². The Morgan fingerprint density at radius 1 is 1.26 bits per heavy atom. The van der Waals surface area contributed by atoms with Gasteiger partial charge in [0.2, 0.25) is 0 Å². The van der Waals surface area contributed by atoms with Crippen molar-refractivity contribution in [2.75, 3.05) is 19.0 Å². The molecule has 0 aliphatic rings. The van der Waals surface area contributed by atoms with Crippen molar-refractivity contribution in [3.63, 3.8) is 0 Å². The molecule has 0 saturated carbocycles. The Labute approximate surface area is 136 Å². The topological polar surface area (TPSA) is 79.9 Å². The van der Waals surface area contributed by atoms with Crippen LogP contribution in [-0.4, -0.2) is 24.7 Å². The van der Waals surface area contributed by atoms with Gasteiger partial charge in [-0.3, -0.25) is 4.99 Å². The van der Waals surface area contributed by atoms with E-state index in [9.17, 15) is 5.11 Å². The van der Waals surface area contributed by atoms with Crippen molar-refractivity contribution in [1.82, 2.24) is 0 Å². The zero-order chi connectivity index (χ0) is 16.7. The monoisotopic (exact) mass is 313 g/mol. The van der Waals surface area contributed by atoms with E-state index in [0.717, 1.165) is 17.7 Å². The number of methoxy groups -OCH3 is 1. The predicted octanol–water partition coefficient (Wildman–Crippen LogP) is 2.72. The van der Waals surface area contributed by atoms with Crippen LogP contribution in [0.3, 0.4) is 0 Å². The first-order valence-electron chi connectivity index (χ1n) is 7.60. The van der Waals surface area contributed by atoms with Gasteiger partial charge in [-0.2, -0.15) is 0 Å². The molecule has 0 aliphatic heterocycles. The van der Waals surface area contributed by atoms with Crippen LogP contribution in [0, 0.1) is 0 Å². The van der Waals surface area contributed by atoms with Crippen LogP contribution in [0.5, 0.6) is 5.75 Å². The molecule has 0 aromatic heterocycles. The largest absolute Gasteiger partial charge is 0.497 e. The van der Waals surface area contributed by atoms with Gasteiger partial charge in [-0.1, -0.05) is 31.2 Å². The molecule has 5 heteroatoms. The van der Waals surface area contributed by atoms with Crippen LogP contribution >= 0.6 is 0 Å². The highest BCUT2D eigenvalue weighted by Crippen LogP contribution is 2.19. The van der Waals surface area contributed by atoms with E-state index in [1.54, 1.807) is 13.2 Å². The van der Waals surface area contributed by atoms with E-state index in [-0.39, 0.29) is 12.5 Å². The Hall–Kier alpha value is -2.53. The lowest BCUT2D eigenvalue weighted by molar-refractivity contribution is 0.187. The number of aryl methyl sites for hydroxylation is 1. The lowest BCUT2D eigenvalue weighted by Crippen LogP contribution is -2.23. The van der Waals surface area contributed by atoms with E-state index in [1.165, 1.54) is 5.56 Å². The van der Waals surface area contributed by atoms with Crippen molar-refractivity contribution in [3.8, 4) is 5.75 Å². The second-order valence-corrected chi connectivity index (χ2v) is 5.19. The lowest BCUT2D eigenvalue weighted by Gasteiger charge is -2.11. The smallest absolute Gasteiger partial charge is 0.193 e. The molecule has 0 aliphatic carbocycles. The van der Waals surface area contributed by atoms with E-state index in [2.05, 4.69) is 17.2 Å². The van der Waals surface area contributed by atoms with E-state index in [1.807, 2.05) is 42.5 Å². The Balaban J connectivity index is 1.94. The first kappa shape index (κ1) is 16.8. The number of aliphatic imine (C=N–C) groups is 1. The normalized spacial score (nSPS) is 12.7. The predicted molar refractivity (Wildman–Crippen MR) is 93.9 cm³/mol. The van der Waals surface area contributed by atoms with Gasteiger partial charge in [0.15, 0.2) is 5.96 Å². The summed E-state index contributed by atoms with van der Waals surface area (Å²) in [5.41, 5.74) is 8.74. The van der Waals surface area contributed by atoms with Crippen LogP contribution < -0.4 is 15.8 Å². The number of nitrogens with two attached hydrogens (primary N) is 1. The minimum Gasteiger partial charge on any atom is -0.497 e.